The van der Waals surface area contributed by atoms with Crippen molar-refractivity contribution in [2.24, 2.45) is 0 Å². The van der Waals surface area contributed by atoms with Crippen LogP contribution in [-0.2, 0) is 4.74 Å². The molecule has 0 unspecified atom stereocenters. The Morgan fingerprint density at radius 2 is 2.25 bits per heavy atom. The van der Waals surface area contributed by atoms with Gasteiger partial charge in [-0.3, -0.25) is 0 Å². The third-order valence-corrected chi connectivity index (χ3v) is 2.19. The summed E-state index contributed by atoms with van der Waals surface area (Å²) in [6.45, 7) is 5.79. The minimum Gasteiger partial charge on any atom is -0.444 e. The van der Waals surface area contributed by atoms with E-state index in [1.165, 1.54) is 6.20 Å². The normalized spacial score (nSPS) is 10.4. The van der Waals surface area contributed by atoms with E-state index >= 15 is 0 Å². The summed E-state index contributed by atoms with van der Waals surface area (Å²) in [5, 5.41) is 2.81. The topological polar surface area (TPSA) is 90.1 Å². The van der Waals surface area contributed by atoms with Crippen LogP contribution in [0.5, 0.6) is 0 Å². The first-order valence-electron chi connectivity index (χ1n) is 6.01. The molecule has 0 aliphatic carbocycles. The minimum absolute atomic E-state index is 0.104. The van der Waals surface area contributed by atoms with Gasteiger partial charge in [0.2, 0.25) is 5.95 Å². The van der Waals surface area contributed by atoms with Crippen LogP contribution in [0.2, 0.25) is 5.15 Å². The van der Waals surface area contributed by atoms with Gasteiger partial charge >= 0.3 is 6.09 Å². The lowest BCUT2D eigenvalue weighted by Gasteiger charge is -2.19. The van der Waals surface area contributed by atoms with Gasteiger partial charge in [-0.1, -0.05) is 23.4 Å². The summed E-state index contributed by atoms with van der Waals surface area (Å²) in [6, 6.07) is 0. The summed E-state index contributed by atoms with van der Waals surface area (Å²) >= 11 is 5.84. The first-order valence-corrected chi connectivity index (χ1v) is 6.39. The van der Waals surface area contributed by atoms with E-state index < -0.39 is 11.7 Å². The molecule has 0 fully saturated rings. The number of nitrogens with two attached hydrogens (primary N) is 1. The van der Waals surface area contributed by atoms with Crippen molar-refractivity contribution >= 4 is 23.6 Å². The SMILES string of the molecule is CC(C)(C)OC(=O)NCCC#Cc1cnc(N)nc1Cl. The third kappa shape index (κ3) is 6.25. The van der Waals surface area contributed by atoms with Crippen molar-refractivity contribution in [3.8, 4) is 11.8 Å². The zero-order valence-corrected chi connectivity index (χ0v) is 12.4. The fourth-order valence-corrected chi connectivity index (χ4v) is 1.34. The Morgan fingerprint density at radius 3 is 2.85 bits per heavy atom. The summed E-state index contributed by atoms with van der Waals surface area (Å²) in [7, 11) is 0. The van der Waals surface area contributed by atoms with Crippen LogP contribution in [0.4, 0.5) is 10.7 Å². The van der Waals surface area contributed by atoms with E-state index in [0.29, 0.717) is 18.5 Å². The molecule has 20 heavy (non-hydrogen) atoms. The highest BCUT2D eigenvalue weighted by Gasteiger charge is 2.15. The minimum atomic E-state index is -0.509. The molecular formula is C13H17ClN4O2. The van der Waals surface area contributed by atoms with Gasteiger partial charge in [-0.15, -0.1) is 0 Å². The number of rotatable bonds is 2. The first-order chi connectivity index (χ1) is 9.28. The number of alkyl carbamates (subject to hydrolysis) is 1. The molecule has 0 radical (unpaired) electrons. The Hall–Kier alpha value is -2.00. The van der Waals surface area contributed by atoms with Gasteiger partial charge < -0.3 is 15.8 Å². The predicted octanol–water partition coefficient (Wildman–Crippen LogP) is 1.98. The fourth-order valence-electron chi connectivity index (χ4n) is 1.16. The Labute approximate surface area is 123 Å². The number of hydrogen-bond donors (Lipinski definition) is 2. The summed E-state index contributed by atoms with van der Waals surface area (Å²) in [6.07, 6.45) is 1.45. The van der Waals surface area contributed by atoms with E-state index in [9.17, 15) is 4.79 Å². The number of hydrogen-bond acceptors (Lipinski definition) is 5. The molecule has 108 valence electrons. The molecule has 1 amide bonds. The average Bonchev–Trinajstić information content (AvgIpc) is 2.28. The number of aromatic nitrogens is 2. The molecule has 0 aliphatic heterocycles. The second-order valence-corrected chi connectivity index (χ2v) is 5.27. The number of amides is 1. The van der Waals surface area contributed by atoms with Crippen LogP contribution >= 0.6 is 11.6 Å². The maximum Gasteiger partial charge on any atom is 0.407 e. The van der Waals surface area contributed by atoms with E-state index in [2.05, 4.69) is 27.1 Å². The molecule has 1 aromatic rings. The van der Waals surface area contributed by atoms with E-state index in [1.807, 2.05) is 0 Å². The molecule has 1 aromatic heterocycles. The molecule has 6 nitrogen and oxygen atoms in total. The highest BCUT2D eigenvalue weighted by molar-refractivity contribution is 6.30. The zero-order chi connectivity index (χ0) is 15.2. The fraction of sp³-hybridized carbons (Fsp3) is 0.462. The van der Waals surface area contributed by atoms with Gasteiger partial charge in [0.05, 0.1) is 5.56 Å². The van der Waals surface area contributed by atoms with Crippen molar-refractivity contribution in [3.63, 3.8) is 0 Å². The largest absolute Gasteiger partial charge is 0.444 e. The summed E-state index contributed by atoms with van der Waals surface area (Å²) in [4.78, 5) is 18.9. The predicted molar refractivity (Wildman–Crippen MR) is 77.2 cm³/mol. The first kappa shape index (κ1) is 16.1. The highest BCUT2D eigenvalue weighted by Crippen LogP contribution is 2.10. The van der Waals surface area contributed by atoms with Crippen LogP contribution in [0.15, 0.2) is 6.20 Å². The van der Waals surface area contributed by atoms with Gasteiger partial charge in [-0.05, 0) is 20.8 Å². The van der Waals surface area contributed by atoms with Gasteiger partial charge in [0.25, 0.3) is 0 Å². The van der Waals surface area contributed by atoms with Crippen LogP contribution in [0.25, 0.3) is 0 Å². The highest BCUT2D eigenvalue weighted by atomic mass is 35.5. The second-order valence-electron chi connectivity index (χ2n) is 4.91. The number of carbonyl (C=O) groups excluding carboxylic acids is 1. The van der Waals surface area contributed by atoms with Crippen LogP contribution < -0.4 is 11.1 Å². The molecule has 0 spiro atoms. The Bertz CT molecular complexity index is 544. The van der Waals surface area contributed by atoms with Gasteiger partial charge in [0.1, 0.15) is 10.8 Å². The average molecular weight is 297 g/mol. The van der Waals surface area contributed by atoms with Crippen molar-refractivity contribution in [2.75, 3.05) is 12.3 Å². The van der Waals surface area contributed by atoms with Crippen molar-refractivity contribution in [3.05, 3.63) is 16.9 Å². The van der Waals surface area contributed by atoms with Crippen LogP contribution in [-0.4, -0.2) is 28.2 Å². The molecule has 0 atom stereocenters. The Morgan fingerprint density at radius 1 is 1.55 bits per heavy atom. The van der Waals surface area contributed by atoms with E-state index in [4.69, 9.17) is 22.1 Å². The smallest absolute Gasteiger partial charge is 0.407 e. The van der Waals surface area contributed by atoms with Crippen molar-refractivity contribution in [1.82, 2.24) is 15.3 Å². The number of nitrogens with zero attached hydrogens (tertiary/aromatic N) is 2. The number of halogens is 1. The Balaban J connectivity index is 2.38. The summed E-state index contributed by atoms with van der Waals surface area (Å²) in [5.74, 6) is 5.77. The number of ether oxygens (including phenoxy) is 1. The number of anilines is 1. The standard InChI is InChI=1S/C13H17ClN4O2/c1-13(2,3)20-12(19)16-7-5-4-6-9-8-17-11(15)18-10(9)14/h8H,5,7H2,1-3H3,(H,16,19)(H2,15,17,18). The lowest BCUT2D eigenvalue weighted by atomic mass is 10.2. The molecule has 3 N–H and O–H groups in total. The van der Waals surface area contributed by atoms with E-state index in [-0.39, 0.29) is 11.1 Å². The lowest BCUT2D eigenvalue weighted by molar-refractivity contribution is 0.0529. The summed E-state index contributed by atoms with van der Waals surface area (Å²) in [5.41, 5.74) is 5.36. The van der Waals surface area contributed by atoms with Crippen LogP contribution in [0, 0.1) is 11.8 Å². The van der Waals surface area contributed by atoms with Crippen molar-refractivity contribution < 1.29 is 9.53 Å². The monoisotopic (exact) mass is 296 g/mol. The number of carbonyl (C=O) groups is 1. The Kier molecular flexibility index (Phi) is 5.59. The molecule has 1 heterocycles. The van der Waals surface area contributed by atoms with Crippen molar-refractivity contribution in [2.45, 2.75) is 32.8 Å². The third-order valence-electron chi connectivity index (χ3n) is 1.90. The molecule has 0 aliphatic rings. The summed E-state index contributed by atoms with van der Waals surface area (Å²) < 4.78 is 5.08. The number of nitrogens with one attached hydrogen (secondary N) is 1. The molecule has 0 saturated carbocycles. The molecule has 1 rings (SSSR count). The van der Waals surface area contributed by atoms with E-state index in [0.717, 1.165) is 0 Å². The van der Waals surface area contributed by atoms with Gasteiger partial charge in [0, 0.05) is 19.2 Å². The molecular weight excluding hydrogens is 280 g/mol. The maximum atomic E-state index is 11.3. The molecule has 7 heteroatoms. The molecule has 0 saturated heterocycles. The quantitative estimate of drug-likeness (QED) is 0.495. The zero-order valence-electron chi connectivity index (χ0n) is 11.7. The van der Waals surface area contributed by atoms with E-state index in [1.54, 1.807) is 20.8 Å². The van der Waals surface area contributed by atoms with Gasteiger partial charge in [0.15, 0.2) is 0 Å². The van der Waals surface area contributed by atoms with Gasteiger partial charge in [-0.25, -0.2) is 9.78 Å². The molecule has 0 bridgehead atoms. The number of nitrogen functional groups attached to an aromatic ring is 1. The second kappa shape index (κ2) is 6.96. The lowest BCUT2D eigenvalue weighted by Crippen LogP contribution is -2.32. The van der Waals surface area contributed by atoms with Gasteiger partial charge in [-0.2, -0.15) is 4.98 Å². The van der Waals surface area contributed by atoms with Crippen LogP contribution in [0.1, 0.15) is 32.8 Å². The maximum absolute atomic E-state index is 11.3. The van der Waals surface area contributed by atoms with Crippen molar-refractivity contribution in [1.29, 1.82) is 0 Å². The van der Waals surface area contributed by atoms with Crippen LogP contribution in [0.3, 0.4) is 0 Å². The molecule has 0 aromatic carbocycles.